The molecule has 0 amide bonds. The Morgan fingerprint density at radius 1 is 1.13 bits per heavy atom. The van der Waals surface area contributed by atoms with Crippen molar-refractivity contribution in [2.45, 2.75) is 0 Å². The van der Waals surface area contributed by atoms with Crippen molar-refractivity contribution >= 4 is 16.9 Å². The molecule has 0 aliphatic heterocycles. The standard InChI is InChI=1S/C16H16N4O3/c1-22-10-7-8-13(14(9-10)23-2)20-15(21)11-5-3-4-6-12(11)18-16(20)19-17/h3-9H,17H2,1-2H3,(H,18,19). The van der Waals surface area contributed by atoms with Gasteiger partial charge in [0.25, 0.3) is 5.56 Å². The highest BCUT2D eigenvalue weighted by atomic mass is 16.5. The predicted molar refractivity (Wildman–Crippen MR) is 88.3 cm³/mol. The van der Waals surface area contributed by atoms with Crippen molar-refractivity contribution in [1.29, 1.82) is 0 Å². The number of nitrogens with one attached hydrogen (secondary N) is 1. The molecule has 0 saturated heterocycles. The highest BCUT2D eigenvalue weighted by Gasteiger charge is 2.16. The second-order valence-electron chi connectivity index (χ2n) is 4.78. The monoisotopic (exact) mass is 312 g/mol. The Morgan fingerprint density at radius 3 is 2.61 bits per heavy atom. The Hall–Kier alpha value is -3.06. The fourth-order valence-corrected chi connectivity index (χ4v) is 2.42. The first-order valence-electron chi connectivity index (χ1n) is 6.90. The maximum atomic E-state index is 12.9. The van der Waals surface area contributed by atoms with Crippen LogP contribution in [0.15, 0.2) is 47.3 Å². The second-order valence-corrected chi connectivity index (χ2v) is 4.78. The minimum absolute atomic E-state index is 0.220. The molecule has 3 N–H and O–H groups in total. The molecule has 2 aromatic carbocycles. The number of anilines is 1. The number of hydrogen-bond acceptors (Lipinski definition) is 6. The molecular weight excluding hydrogens is 296 g/mol. The van der Waals surface area contributed by atoms with Crippen LogP contribution in [0.25, 0.3) is 16.6 Å². The summed E-state index contributed by atoms with van der Waals surface area (Å²) < 4.78 is 11.9. The summed E-state index contributed by atoms with van der Waals surface area (Å²) in [6.07, 6.45) is 0. The summed E-state index contributed by atoms with van der Waals surface area (Å²) in [6.45, 7) is 0. The van der Waals surface area contributed by atoms with Gasteiger partial charge in [-0.2, -0.15) is 0 Å². The first-order chi connectivity index (χ1) is 11.2. The van der Waals surface area contributed by atoms with Crippen molar-refractivity contribution in [2.75, 3.05) is 19.6 Å². The normalized spacial score (nSPS) is 10.6. The summed E-state index contributed by atoms with van der Waals surface area (Å²) in [6, 6.07) is 12.2. The van der Waals surface area contributed by atoms with E-state index in [2.05, 4.69) is 10.4 Å². The van der Waals surface area contributed by atoms with E-state index >= 15 is 0 Å². The summed E-state index contributed by atoms with van der Waals surface area (Å²) in [7, 11) is 3.08. The molecule has 3 rings (SSSR count). The molecule has 1 heterocycles. The van der Waals surface area contributed by atoms with Gasteiger partial charge in [-0.1, -0.05) is 12.1 Å². The highest BCUT2D eigenvalue weighted by molar-refractivity contribution is 5.79. The minimum Gasteiger partial charge on any atom is -0.497 e. The lowest BCUT2D eigenvalue weighted by atomic mass is 10.2. The highest BCUT2D eigenvalue weighted by Crippen LogP contribution is 2.28. The number of nitrogens with two attached hydrogens (primary N) is 1. The van der Waals surface area contributed by atoms with Crippen LogP contribution >= 0.6 is 0 Å². The number of fused-ring (bicyclic) bond motifs is 1. The molecule has 0 spiro atoms. The fraction of sp³-hybridized carbons (Fsp3) is 0.125. The Balaban J connectivity index is 2.35. The molecule has 118 valence electrons. The average Bonchev–Trinajstić information content (AvgIpc) is 2.61. The smallest absolute Gasteiger partial charge is 0.267 e. The molecule has 0 bridgehead atoms. The summed E-state index contributed by atoms with van der Waals surface area (Å²) >= 11 is 0. The quantitative estimate of drug-likeness (QED) is 0.563. The van der Waals surface area contributed by atoms with E-state index in [0.29, 0.717) is 28.1 Å². The van der Waals surface area contributed by atoms with Gasteiger partial charge in [0.05, 0.1) is 30.8 Å². The maximum absolute atomic E-state index is 12.9. The number of rotatable bonds is 4. The number of aromatic nitrogens is 2. The first kappa shape index (κ1) is 14.9. The lowest BCUT2D eigenvalue weighted by Gasteiger charge is -2.16. The maximum Gasteiger partial charge on any atom is 0.267 e. The molecule has 0 aliphatic carbocycles. The van der Waals surface area contributed by atoms with E-state index < -0.39 is 0 Å². The lowest BCUT2D eigenvalue weighted by Crippen LogP contribution is -2.26. The Labute approximate surface area is 132 Å². The van der Waals surface area contributed by atoms with E-state index in [4.69, 9.17) is 15.3 Å². The van der Waals surface area contributed by atoms with E-state index in [0.717, 1.165) is 0 Å². The van der Waals surface area contributed by atoms with E-state index in [-0.39, 0.29) is 11.5 Å². The Bertz CT molecular complexity index is 921. The van der Waals surface area contributed by atoms with Gasteiger partial charge in [0.15, 0.2) is 0 Å². The van der Waals surface area contributed by atoms with Gasteiger partial charge in [0, 0.05) is 6.07 Å². The van der Waals surface area contributed by atoms with Crippen molar-refractivity contribution in [3.63, 3.8) is 0 Å². The number of hydrazine groups is 1. The number of nitrogen functional groups attached to an aromatic ring is 1. The minimum atomic E-state index is -0.244. The number of ether oxygens (including phenoxy) is 2. The van der Waals surface area contributed by atoms with Gasteiger partial charge >= 0.3 is 0 Å². The van der Waals surface area contributed by atoms with Gasteiger partial charge in [-0.3, -0.25) is 10.2 Å². The summed E-state index contributed by atoms with van der Waals surface area (Å²) in [5.74, 6) is 6.87. The van der Waals surface area contributed by atoms with Crippen LogP contribution in [0.1, 0.15) is 0 Å². The number of methoxy groups -OCH3 is 2. The van der Waals surface area contributed by atoms with Crippen molar-refractivity contribution in [1.82, 2.24) is 9.55 Å². The van der Waals surface area contributed by atoms with Gasteiger partial charge in [-0.25, -0.2) is 15.4 Å². The first-order valence-corrected chi connectivity index (χ1v) is 6.90. The molecule has 0 saturated carbocycles. The molecule has 0 aliphatic rings. The zero-order chi connectivity index (χ0) is 16.4. The van der Waals surface area contributed by atoms with Crippen LogP contribution in [0.4, 0.5) is 5.95 Å². The van der Waals surface area contributed by atoms with Crippen LogP contribution in [-0.2, 0) is 0 Å². The molecule has 3 aromatic rings. The fourth-order valence-electron chi connectivity index (χ4n) is 2.42. The second kappa shape index (κ2) is 5.98. The Kier molecular flexibility index (Phi) is 3.86. The molecule has 7 nitrogen and oxygen atoms in total. The van der Waals surface area contributed by atoms with E-state index in [1.54, 1.807) is 43.5 Å². The molecule has 23 heavy (non-hydrogen) atoms. The van der Waals surface area contributed by atoms with Gasteiger partial charge in [-0.05, 0) is 24.3 Å². The number of benzene rings is 2. The summed E-state index contributed by atoms with van der Waals surface area (Å²) in [5.41, 5.74) is 3.31. The van der Waals surface area contributed by atoms with E-state index in [1.165, 1.54) is 11.7 Å². The molecular formula is C16H16N4O3. The van der Waals surface area contributed by atoms with Crippen molar-refractivity contribution in [3.05, 3.63) is 52.8 Å². The van der Waals surface area contributed by atoms with Crippen LogP contribution in [0.2, 0.25) is 0 Å². The topological polar surface area (TPSA) is 91.4 Å². The van der Waals surface area contributed by atoms with Crippen LogP contribution in [0.5, 0.6) is 11.5 Å². The zero-order valence-electron chi connectivity index (χ0n) is 12.7. The van der Waals surface area contributed by atoms with Crippen LogP contribution < -0.4 is 26.3 Å². The van der Waals surface area contributed by atoms with Crippen molar-refractivity contribution in [2.24, 2.45) is 5.84 Å². The van der Waals surface area contributed by atoms with E-state index in [1.807, 2.05) is 6.07 Å². The van der Waals surface area contributed by atoms with Gasteiger partial charge in [0.2, 0.25) is 5.95 Å². The molecule has 0 fully saturated rings. The van der Waals surface area contributed by atoms with Crippen molar-refractivity contribution < 1.29 is 9.47 Å². The average molecular weight is 312 g/mol. The van der Waals surface area contributed by atoms with Crippen LogP contribution in [0.3, 0.4) is 0 Å². The van der Waals surface area contributed by atoms with Crippen LogP contribution in [0, 0.1) is 0 Å². The molecule has 0 unspecified atom stereocenters. The molecule has 7 heteroatoms. The largest absolute Gasteiger partial charge is 0.497 e. The number of para-hydroxylation sites is 1. The third kappa shape index (κ3) is 2.47. The van der Waals surface area contributed by atoms with Crippen molar-refractivity contribution in [3.8, 4) is 17.2 Å². The van der Waals surface area contributed by atoms with Gasteiger partial charge in [-0.15, -0.1) is 0 Å². The predicted octanol–water partition coefficient (Wildman–Crippen LogP) is 1.69. The lowest BCUT2D eigenvalue weighted by molar-refractivity contribution is 0.393. The third-order valence-electron chi connectivity index (χ3n) is 3.53. The van der Waals surface area contributed by atoms with E-state index in [9.17, 15) is 4.79 Å². The Morgan fingerprint density at radius 2 is 1.91 bits per heavy atom. The number of nitrogens with zero attached hydrogens (tertiary/aromatic N) is 2. The molecule has 0 radical (unpaired) electrons. The SMILES string of the molecule is COc1ccc(-n2c(NN)nc3ccccc3c2=O)c(OC)c1. The summed E-state index contributed by atoms with van der Waals surface area (Å²) in [5, 5.41) is 0.490. The molecule has 0 atom stereocenters. The number of hydrogen-bond donors (Lipinski definition) is 2. The van der Waals surface area contributed by atoms with Gasteiger partial charge in [0.1, 0.15) is 11.5 Å². The van der Waals surface area contributed by atoms with Crippen LogP contribution in [-0.4, -0.2) is 23.8 Å². The molecule has 1 aromatic heterocycles. The summed E-state index contributed by atoms with van der Waals surface area (Å²) in [4.78, 5) is 17.3. The third-order valence-corrected chi connectivity index (χ3v) is 3.53. The van der Waals surface area contributed by atoms with Gasteiger partial charge < -0.3 is 9.47 Å². The zero-order valence-corrected chi connectivity index (χ0v) is 12.7.